The molecule has 0 aliphatic carbocycles. The van der Waals surface area contributed by atoms with Gasteiger partial charge in [0.25, 0.3) is 0 Å². The fourth-order valence-electron chi connectivity index (χ4n) is 3.30. The highest BCUT2D eigenvalue weighted by Crippen LogP contribution is 2.20. The molecule has 0 bridgehead atoms. The van der Waals surface area contributed by atoms with E-state index in [4.69, 9.17) is 0 Å². The molecule has 2 heterocycles. The standard InChI is InChI=1S/C20H25N5O3S/c1-24(14-15-6-3-2-4-7-15)20(28)22-10-9-17(26)25-12-5-8-16(25)18(27)23-19-21-11-13-29-19/h2-4,6-7,11,13,16H,5,8-10,12,14H2,1H3,(H,22,28)(H,21,23,27). The minimum absolute atomic E-state index is 0.132. The molecule has 1 unspecified atom stereocenters. The van der Waals surface area contributed by atoms with E-state index < -0.39 is 6.04 Å². The van der Waals surface area contributed by atoms with Crippen LogP contribution in [0.2, 0.25) is 0 Å². The van der Waals surface area contributed by atoms with E-state index in [0.29, 0.717) is 24.6 Å². The second-order valence-electron chi connectivity index (χ2n) is 6.90. The van der Waals surface area contributed by atoms with E-state index in [2.05, 4.69) is 15.6 Å². The molecule has 1 aliphatic rings. The van der Waals surface area contributed by atoms with Crippen molar-refractivity contribution in [2.45, 2.75) is 31.8 Å². The van der Waals surface area contributed by atoms with E-state index >= 15 is 0 Å². The summed E-state index contributed by atoms with van der Waals surface area (Å²) in [6.07, 6.45) is 3.20. The lowest BCUT2D eigenvalue weighted by molar-refractivity contribution is -0.136. The maximum absolute atomic E-state index is 12.6. The third-order valence-corrected chi connectivity index (χ3v) is 5.45. The molecule has 4 amide bonds. The van der Waals surface area contributed by atoms with Gasteiger partial charge in [-0.2, -0.15) is 0 Å². The third-order valence-electron chi connectivity index (χ3n) is 4.76. The van der Waals surface area contributed by atoms with Gasteiger partial charge in [0.15, 0.2) is 5.13 Å². The quantitative estimate of drug-likeness (QED) is 0.726. The third kappa shape index (κ3) is 5.77. The van der Waals surface area contributed by atoms with Crippen LogP contribution in [-0.2, 0) is 16.1 Å². The molecule has 9 heteroatoms. The summed E-state index contributed by atoms with van der Waals surface area (Å²) >= 11 is 1.34. The summed E-state index contributed by atoms with van der Waals surface area (Å²) in [6, 6.07) is 8.98. The number of anilines is 1. The summed E-state index contributed by atoms with van der Waals surface area (Å²) in [5, 5.41) is 7.84. The minimum Gasteiger partial charge on any atom is -0.337 e. The molecule has 1 saturated heterocycles. The van der Waals surface area contributed by atoms with Gasteiger partial charge in [-0.15, -0.1) is 11.3 Å². The van der Waals surface area contributed by atoms with Crippen molar-refractivity contribution in [2.75, 3.05) is 25.5 Å². The molecule has 0 spiro atoms. The van der Waals surface area contributed by atoms with Crippen molar-refractivity contribution in [1.29, 1.82) is 0 Å². The van der Waals surface area contributed by atoms with Gasteiger partial charge < -0.3 is 20.4 Å². The second kappa shape index (κ2) is 10.0. The van der Waals surface area contributed by atoms with Gasteiger partial charge in [0.05, 0.1) is 0 Å². The SMILES string of the molecule is CN(Cc1ccccc1)C(=O)NCCC(=O)N1CCCC1C(=O)Nc1nccs1. The van der Waals surface area contributed by atoms with E-state index in [1.807, 2.05) is 30.3 Å². The van der Waals surface area contributed by atoms with Crippen molar-refractivity contribution in [3.05, 3.63) is 47.5 Å². The Hall–Kier alpha value is -2.94. The van der Waals surface area contributed by atoms with Gasteiger partial charge in [0.2, 0.25) is 11.8 Å². The zero-order chi connectivity index (χ0) is 20.6. The lowest BCUT2D eigenvalue weighted by atomic mass is 10.2. The van der Waals surface area contributed by atoms with Crippen molar-refractivity contribution < 1.29 is 14.4 Å². The Morgan fingerprint density at radius 1 is 1.28 bits per heavy atom. The van der Waals surface area contributed by atoms with Crippen LogP contribution in [0.25, 0.3) is 0 Å². The lowest BCUT2D eigenvalue weighted by Gasteiger charge is -2.24. The normalized spacial score (nSPS) is 15.8. The molecule has 1 fully saturated rings. The molecule has 0 saturated carbocycles. The van der Waals surface area contributed by atoms with Crippen LogP contribution in [0.4, 0.5) is 9.93 Å². The lowest BCUT2D eigenvalue weighted by Crippen LogP contribution is -2.44. The second-order valence-corrected chi connectivity index (χ2v) is 7.79. The van der Waals surface area contributed by atoms with Crippen LogP contribution < -0.4 is 10.6 Å². The summed E-state index contributed by atoms with van der Waals surface area (Å²) < 4.78 is 0. The molecule has 29 heavy (non-hydrogen) atoms. The number of thiazole rings is 1. The van der Waals surface area contributed by atoms with Gasteiger partial charge in [0, 0.05) is 44.7 Å². The molecule has 3 rings (SSSR count). The Labute approximate surface area is 173 Å². The predicted octanol–water partition coefficient (Wildman–Crippen LogP) is 2.30. The van der Waals surface area contributed by atoms with Gasteiger partial charge >= 0.3 is 6.03 Å². The average Bonchev–Trinajstić information content (AvgIpc) is 3.40. The highest BCUT2D eigenvalue weighted by molar-refractivity contribution is 7.13. The van der Waals surface area contributed by atoms with Gasteiger partial charge in [-0.3, -0.25) is 9.59 Å². The predicted molar refractivity (Wildman–Crippen MR) is 111 cm³/mol. The maximum atomic E-state index is 12.6. The highest BCUT2D eigenvalue weighted by atomic mass is 32.1. The van der Waals surface area contributed by atoms with Crippen LogP contribution in [0.15, 0.2) is 41.9 Å². The molecular weight excluding hydrogens is 390 g/mol. The number of carbonyl (C=O) groups is 3. The molecule has 2 aromatic rings. The largest absolute Gasteiger partial charge is 0.337 e. The topological polar surface area (TPSA) is 94.6 Å². The Kier molecular flexibility index (Phi) is 7.18. The number of hydrogen-bond donors (Lipinski definition) is 2. The molecule has 0 radical (unpaired) electrons. The van der Waals surface area contributed by atoms with Crippen molar-refractivity contribution >= 4 is 34.3 Å². The first-order valence-electron chi connectivity index (χ1n) is 9.57. The number of nitrogens with one attached hydrogen (secondary N) is 2. The Bertz CT molecular complexity index is 828. The maximum Gasteiger partial charge on any atom is 0.317 e. The number of benzene rings is 1. The number of likely N-dealkylation sites (tertiary alicyclic amines) is 1. The summed E-state index contributed by atoms with van der Waals surface area (Å²) in [5.41, 5.74) is 1.03. The zero-order valence-corrected chi connectivity index (χ0v) is 17.2. The minimum atomic E-state index is -0.483. The van der Waals surface area contributed by atoms with Crippen molar-refractivity contribution in [3.63, 3.8) is 0 Å². The van der Waals surface area contributed by atoms with Crippen LogP contribution >= 0.6 is 11.3 Å². The van der Waals surface area contributed by atoms with E-state index in [1.54, 1.807) is 28.4 Å². The van der Waals surface area contributed by atoms with E-state index in [-0.39, 0.29) is 30.8 Å². The van der Waals surface area contributed by atoms with Gasteiger partial charge in [-0.05, 0) is 18.4 Å². The van der Waals surface area contributed by atoms with Crippen LogP contribution in [0.5, 0.6) is 0 Å². The summed E-state index contributed by atoms with van der Waals surface area (Å²) in [6.45, 7) is 1.27. The number of carbonyl (C=O) groups excluding carboxylic acids is 3. The summed E-state index contributed by atoms with van der Waals surface area (Å²) in [7, 11) is 1.71. The first kappa shape index (κ1) is 20.8. The molecular formula is C20H25N5O3S. The smallest absolute Gasteiger partial charge is 0.317 e. The first-order valence-corrected chi connectivity index (χ1v) is 10.5. The first-order chi connectivity index (χ1) is 14.0. The van der Waals surface area contributed by atoms with Crippen LogP contribution in [0.3, 0.4) is 0 Å². The molecule has 1 aromatic carbocycles. The molecule has 1 aliphatic heterocycles. The molecule has 154 valence electrons. The van der Waals surface area contributed by atoms with Crippen LogP contribution in [-0.4, -0.2) is 58.8 Å². The fourth-order valence-corrected chi connectivity index (χ4v) is 3.83. The zero-order valence-electron chi connectivity index (χ0n) is 16.3. The van der Waals surface area contributed by atoms with E-state index in [9.17, 15) is 14.4 Å². The number of amides is 4. The summed E-state index contributed by atoms with van der Waals surface area (Å²) in [4.78, 5) is 44.5. The number of aromatic nitrogens is 1. The van der Waals surface area contributed by atoms with Crippen molar-refractivity contribution in [3.8, 4) is 0 Å². The average molecular weight is 416 g/mol. The van der Waals surface area contributed by atoms with Gasteiger partial charge in [-0.1, -0.05) is 30.3 Å². The van der Waals surface area contributed by atoms with E-state index in [0.717, 1.165) is 12.0 Å². The van der Waals surface area contributed by atoms with Crippen LogP contribution in [0, 0.1) is 0 Å². The highest BCUT2D eigenvalue weighted by Gasteiger charge is 2.34. The number of nitrogens with zero attached hydrogens (tertiary/aromatic N) is 3. The van der Waals surface area contributed by atoms with Crippen molar-refractivity contribution in [2.24, 2.45) is 0 Å². The molecule has 1 aromatic heterocycles. The van der Waals surface area contributed by atoms with Gasteiger partial charge in [0.1, 0.15) is 6.04 Å². The van der Waals surface area contributed by atoms with Gasteiger partial charge in [-0.25, -0.2) is 9.78 Å². The Balaban J connectivity index is 1.43. The number of rotatable bonds is 7. The van der Waals surface area contributed by atoms with Crippen molar-refractivity contribution in [1.82, 2.24) is 20.1 Å². The van der Waals surface area contributed by atoms with E-state index in [1.165, 1.54) is 11.3 Å². The molecule has 8 nitrogen and oxygen atoms in total. The summed E-state index contributed by atoms with van der Waals surface area (Å²) in [5.74, 6) is -0.342. The monoisotopic (exact) mass is 415 g/mol. The molecule has 1 atom stereocenters. The number of urea groups is 1. The number of hydrogen-bond acceptors (Lipinski definition) is 5. The van der Waals surface area contributed by atoms with Crippen LogP contribution in [0.1, 0.15) is 24.8 Å². The Morgan fingerprint density at radius 3 is 2.79 bits per heavy atom. The molecule has 2 N–H and O–H groups in total. The fraction of sp³-hybridized carbons (Fsp3) is 0.400. The Morgan fingerprint density at radius 2 is 2.07 bits per heavy atom.